The summed E-state index contributed by atoms with van der Waals surface area (Å²) in [5.41, 5.74) is 1.11. The molecule has 1 unspecified atom stereocenters. The van der Waals surface area contributed by atoms with Crippen LogP contribution in [0.5, 0.6) is 5.75 Å². The van der Waals surface area contributed by atoms with Gasteiger partial charge in [0.1, 0.15) is 5.75 Å². The minimum Gasteiger partial charge on any atom is -0.497 e. The Balaban J connectivity index is 1.93. The molecule has 1 fully saturated rings. The number of hydrogen-bond acceptors (Lipinski definition) is 3. The predicted octanol–water partition coefficient (Wildman–Crippen LogP) is 2.39. The molecule has 1 heterocycles. The molecule has 1 aliphatic heterocycles. The lowest BCUT2D eigenvalue weighted by atomic mass is 10.1. The van der Waals surface area contributed by atoms with Crippen LogP contribution < -0.4 is 4.74 Å². The van der Waals surface area contributed by atoms with Gasteiger partial charge in [0, 0.05) is 13.0 Å². The molecular formula is C17H25NO3. The van der Waals surface area contributed by atoms with Crippen molar-refractivity contribution in [3.05, 3.63) is 29.8 Å². The molecule has 0 radical (unpaired) electrons. The van der Waals surface area contributed by atoms with Crippen LogP contribution in [0.4, 0.5) is 0 Å². The summed E-state index contributed by atoms with van der Waals surface area (Å²) in [6.45, 7) is 0.854. The van der Waals surface area contributed by atoms with E-state index in [1.807, 2.05) is 29.2 Å². The van der Waals surface area contributed by atoms with Crippen LogP contribution in [0.25, 0.3) is 0 Å². The number of aliphatic hydroxyl groups excluding tert-OH is 1. The fourth-order valence-electron chi connectivity index (χ4n) is 2.92. The SMILES string of the molecule is COc1cccc(CCC(=O)N2CCCCCC2CO)c1. The van der Waals surface area contributed by atoms with Gasteiger partial charge in [-0.3, -0.25) is 4.79 Å². The Kier molecular flexibility index (Phi) is 6.05. The normalized spacial score (nSPS) is 19.1. The van der Waals surface area contributed by atoms with Crippen LogP contribution in [-0.2, 0) is 11.2 Å². The van der Waals surface area contributed by atoms with Crippen molar-refractivity contribution in [1.29, 1.82) is 0 Å². The molecule has 0 bridgehead atoms. The summed E-state index contributed by atoms with van der Waals surface area (Å²) in [6.07, 6.45) is 5.41. The number of carbonyl (C=O) groups excluding carboxylic acids is 1. The highest BCUT2D eigenvalue weighted by Gasteiger charge is 2.24. The Hall–Kier alpha value is -1.55. The minimum atomic E-state index is 0.00492. The zero-order valence-corrected chi connectivity index (χ0v) is 12.8. The average Bonchev–Trinajstić information content (AvgIpc) is 2.78. The Morgan fingerprint density at radius 3 is 3.00 bits per heavy atom. The number of benzene rings is 1. The number of hydrogen-bond donors (Lipinski definition) is 1. The largest absolute Gasteiger partial charge is 0.497 e. The molecule has 1 aliphatic rings. The van der Waals surface area contributed by atoms with Gasteiger partial charge in [-0.25, -0.2) is 0 Å². The van der Waals surface area contributed by atoms with Gasteiger partial charge in [-0.1, -0.05) is 25.0 Å². The molecule has 1 aromatic rings. The number of rotatable bonds is 5. The molecule has 21 heavy (non-hydrogen) atoms. The lowest BCUT2D eigenvalue weighted by molar-refractivity contribution is -0.134. The van der Waals surface area contributed by atoms with Crippen molar-refractivity contribution in [2.24, 2.45) is 0 Å². The number of methoxy groups -OCH3 is 1. The third kappa shape index (κ3) is 4.46. The molecule has 4 heteroatoms. The van der Waals surface area contributed by atoms with Crippen LogP contribution in [-0.4, -0.2) is 42.2 Å². The van der Waals surface area contributed by atoms with E-state index in [1.165, 1.54) is 0 Å². The van der Waals surface area contributed by atoms with Gasteiger partial charge >= 0.3 is 0 Å². The highest BCUT2D eigenvalue weighted by atomic mass is 16.5. The molecule has 1 saturated heterocycles. The molecule has 0 aliphatic carbocycles. The third-order valence-corrected chi connectivity index (χ3v) is 4.17. The second kappa shape index (κ2) is 8.03. The molecule has 1 atom stereocenters. The summed E-state index contributed by atoms with van der Waals surface area (Å²) < 4.78 is 5.20. The summed E-state index contributed by atoms with van der Waals surface area (Å²) in [6, 6.07) is 7.84. The smallest absolute Gasteiger partial charge is 0.223 e. The zero-order valence-electron chi connectivity index (χ0n) is 12.8. The first kappa shape index (κ1) is 15.8. The Bertz CT molecular complexity index is 461. The topological polar surface area (TPSA) is 49.8 Å². The van der Waals surface area contributed by atoms with Crippen molar-refractivity contribution < 1.29 is 14.6 Å². The summed E-state index contributed by atoms with van der Waals surface area (Å²) in [5, 5.41) is 9.48. The summed E-state index contributed by atoms with van der Waals surface area (Å²) in [7, 11) is 1.65. The second-order valence-corrected chi connectivity index (χ2v) is 5.62. The van der Waals surface area contributed by atoms with Gasteiger partial charge in [0.25, 0.3) is 0 Å². The first-order chi connectivity index (χ1) is 10.2. The fraction of sp³-hybridized carbons (Fsp3) is 0.588. The van der Waals surface area contributed by atoms with Crippen molar-refractivity contribution in [2.75, 3.05) is 20.3 Å². The quantitative estimate of drug-likeness (QED) is 0.906. The predicted molar refractivity (Wildman–Crippen MR) is 82.4 cm³/mol. The van der Waals surface area contributed by atoms with E-state index in [2.05, 4.69) is 0 Å². The van der Waals surface area contributed by atoms with E-state index in [1.54, 1.807) is 7.11 Å². The van der Waals surface area contributed by atoms with Gasteiger partial charge in [-0.2, -0.15) is 0 Å². The molecule has 2 rings (SSSR count). The van der Waals surface area contributed by atoms with E-state index in [9.17, 15) is 9.90 Å². The maximum atomic E-state index is 12.4. The Morgan fingerprint density at radius 1 is 1.38 bits per heavy atom. The zero-order chi connectivity index (χ0) is 15.1. The first-order valence-corrected chi connectivity index (χ1v) is 7.78. The summed E-state index contributed by atoms with van der Waals surface area (Å²) >= 11 is 0. The van der Waals surface area contributed by atoms with E-state index in [4.69, 9.17) is 4.74 Å². The fourth-order valence-corrected chi connectivity index (χ4v) is 2.92. The van der Waals surface area contributed by atoms with Crippen LogP contribution in [0.1, 0.15) is 37.7 Å². The van der Waals surface area contributed by atoms with E-state index >= 15 is 0 Å². The average molecular weight is 291 g/mol. The highest BCUT2D eigenvalue weighted by molar-refractivity contribution is 5.76. The van der Waals surface area contributed by atoms with E-state index < -0.39 is 0 Å². The van der Waals surface area contributed by atoms with Crippen molar-refractivity contribution in [3.63, 3.8) is 0 Å². The minimum absolute atomic E-state index is 0.00492. The van der Waals surface area contributed by atoms with Crippen molar-refractivity contribution in [2.45, 2.75) is 44.6 Å². The first-order valence-electron chi connectivity index (χ1n) is 7.78. The molecule has 116 valence electrons. The lowest BCUT2D eigenvalue weighted by Gasteiger charge is -2.28. The van der Waals surface area contributed by atoms with Crippen molar-refractivity contribution in [3.8, 4) is 5.75 Å². The van der Waals surface area contributed by atoms with Crippen LogP contribution in [0.2, 0.25) is 0 Å². The number of amides is 1. The molecular weight excluding hydrogens is 266 g/mol. The van der Waals surface area contributed by atoms with Gasteiger partial charge in [0.05, 0.1) is 19.8 Å². The van der Waals surface area contributed by atoms with Gasteiger partial charge in [0.2, 0.25) is 5.91 Å². The third-order valence-electron chi connectivity index (χ3n) is 4.17. The molecule has 1 aromatic carbocycles. The molecule has 0 spiro atoms. The monoisotopic (exact) mass is 291 g/mol. The van der Waals surface area contributed by atoms with E-state index in [0.717, 1.165) is 43.5 Å². The van der Waals surface area contributed by atoms with Crippen LogP contribution in [0, 0.1) is 0 Å². The standard InChI is InChI=1S/C17H25NO3/c1-21-16-8-5-6-14(12-16)9-10-17(20)18-11-4-2-3-7-15(18)13-19/h5-6,8,12,15,19H,2-4,7,9-11,13H2,1H3. The molecule has 0 saturated carbocycles. The van der Waals surface area contributed by atoms with Crippen LogP contribution >= 0.6 is 0 Å². The maximum Gasteiger partial charge on any atom is 0.223 e. The second-order valence-electron chi connectivity index (χ2n) is 5.62. The van der Waals surface area contributed by atoms with E-state index in [-0.39, 0.29) is 18.6 Å². The molecule has 1 N–H and O–H groups in total. The highest BCUT2D eigenvalue weighted by Crippen LogP contribution is 2.19. The Morgan fingerprint density at radius 2 is 2.24 bits per heavy atom. The lowest BCUT2D eigenvalue weighted by Crippen LogP contribution is -2.42. The molecule has 1 amide bonds. The number of aryl methyl sites for hydroxylation is 1. The van der Waals surface area contributed by atoms with Gasteiger partial charge in [-0.15, -0.1) is 0 Å². The van der Waals surface area contributed by atoms with Gasteiger partial charge in [0.15, 0.2) is 0 Å². The molecule has 4 nitrogen and oxygen atoms in total. The number of ether oxygens (including phenoxy) is 1. The maximum absolute atomic E-state index is 12.4. The van der Waals surface area contributed by atoms with Crippen molar-refractivity contribution in [1.82, 2.24) is 4.90 Å². The molecule has 0 aromatic heterocycles. The van der Waals surface area contributed by atoms with Crippen molar-refractivity contribution >= 4 is 5.91 Å². The number of likely N-dealkylation sites (tertiary alicyclic amines) is 1. The van der Waals surface area contributed by atoms with E-state index in [0.29, 0.717) is 12.8 Å². The Labute approximate surface area is 126 Å². The number of aliphatic hydroxyl groups is 1. The summed E-state index contributed by atoms with van der Waals surface area (Å²) in [4.78, 5) is 14.3. The van der Waals surface area contributed by atoms with Crippen LogP contribution in [0.3, 0.4) is 0 Å². The van der Waals surface area contributed by atoms with Gasteiger partial charge in [-0.05, 0) is 37.0 Å². The number of nitrogens with zero attached hydrogens (tertiary/aromatic N) is 1. The van der Waals surface area contributed by atoms with Gasteiger partial charge < -0.3 is 14.7 Å². The summed E-state index contributed by atoms with van der Waals surface area (Å²) in [5.74, 6) is 0.974. The number of carbonyl (C=O) groups is 1. The van der Waals surface area contributed by atoms with Crippen LogP contribution in [0.15, 0.2) is 24.3 Å².